The summed E-state index contributed by atoms with van der Waals surface area (Å²) < 4.78 is 5.17. The Balaban J connectivity index is 2.37. The van der Waals surface area contributed by atoms with E-state index in [1.807, 2.05) is 25.1 Å². The van der Waals surface area contributed by atoms with E-state index in [-0.39, 0.29) is 6.04 Å². The van der Waals surface area contributed by atoms with Crippen molar-refractivity contribution in [3.63, 3.8) is 0 Å². The van der Waals surface area contributed by atoms with Gasteiger partial charge in [0.15, 0.2) is 0 Å². The van der Waals surface area contributed by atoms with Crippen molar-refractivity contribution in [1.29, 1.82) is 0 Å². The molecule has 0 aliphatic carbocycles. The van der Waals surface area contributed by atoms with Crippen LogP contribution in [0.3, 0.4) is 0 Å². The molecule has 0 amide bonds. The average molecular weight is 204 g/mol. The maximum Gasteiger partial charge on any atom is 0.119 e. The lowest BCUT2D eigenvalue weighted by Gasteiger charge is -2.00. The molecule has 3 nitrogen and oxygen atoms in total. The van der Waals surface area contributed by atoms with Crippen LogP contribution < -0.4 is 10.5 Å². The van der Waals surface area contributed by atoms with Crippen LogP contribution >= 0.6 is 0 Å². The summed E-state index contributed by atoms with van der Waals surface area (Å²) in [6.07, 6.45) is 0.872. The topological polar surface area (TPSA) is 51.0 Å². The fraction of sp³-hybridized carbons (Fsp3) is 0.333. The van der Waals surface area contributed by atoms with Gasteiger partial charge in [0.1, 0.15) is 5.75 Å². The van der Waals surface area contributed by atoms with E-state index in [0.717, 1.165) is 17.7 Å². The van der Waals surface area contributed by atoms with E-state index >= 15 is 0 Å². The van der Waals surface area contributed by atoms with Gasteiger partial charge in [-0.05, 0) is 31.2 Å². The standard InChI is InChI=1S/C12H16N2O/c1-8(13)5-10-6-9-7-11(15-2)3-4-12(9)14-10/h3-4,6-8,14H,5,13H2,1-2H3. The van der Waals surface area contributed by atoms with Gasteiger partial charge in [0.2, 0.25) is 0 Å². The fourth-order valence-electron chi connectivity index (χ4n) is 1.75. The second-order valence-corrected chi connectivity index (χ2v) is 3.93. The largest absolute Gasteiger partial charge is 0.497 e. The molecule has 0 saturated heterocycles. The van der Waals surface area contributed by atoms with E-state index in [0.29, 0.717) is 0 Å². The van der Waals surface area contributed by atoms with E-state index in [1.54, 1.807) is 7.11 Å². The van der Waals surface area contributed by atoms with Crippen molar-refractivity contribution in [3.8, 4) is 5.75 Å². The smallest absolute Gasteiger partial charge is 0.119 e. The van der Waals surface area contributed by atoms with Crippen LogP contribution in [0.1, 0.15) is 12.6 Å². The lowest BCUT2D eigenvalue weighted by molar-refractivity contribution is 0.415. The van der Waals surface area contributed by atoms with E-state index in [1.165, 1.54) is 11.1 Å². The second kappa shape index (κ2) is 3.95. The van der Waals surface area contributed by atoms with Gasteiger partial charge in [0.05, 0.1) is 7.11 Å². The van der Waals surface area contributed by atoms with Crippen molar-refractivity contribution in [1.82, 2.24) is 4.98 Å². The molecule has 0 aliphatic rings. The molecule has 0 fully saturated rings. The number of hydrogen-bond donors (Lipinski definition) is 2. The second-order valence-electron chi connectivity index (χ2n) is 3.93. The highest BCUT2D eigenvalue weighted by Gasteiger charge is 2.03. The number of fused-ring (bicyclic) bond motifs is 1. The van der Waals surface area contributed by atoms with Crippen molar-refractivity contribution in [2.24, 2.45) is 5.73 Å². The molecule has 1 aromatic carbocycles. The summed E-state index contributed by atoms with van der Waals surface area (Å²) in [5.74, 6) is 0.883. The molecule has 15 heavy (non-hydrogen) atoms. The normalized spacial score (nSPS) is 13.0. The van der Waals surface area contributed by atoms with Gasteiger partial charge in [-0.3, -0.25) is 0 Å². The zero-order valence-corrected chi connectivity index (χ0v) is 9.08. The first kappa shape index (κ1) is 10.1. The molecule has 2 aromatic rings. The minimum Gasteiger partial charge on any atom is -0.497 e. The Labute approximate surface area is 89.2 Å². The summed E-state index contributed by atoms with van der Waals surface area (Å²) in [5.41, 5.74) is 8.06. The Bertz CT molecular complexity index is 460. The molecule has 3 N–H and O–H groups in total. The first-order valence-electron chi connectivity index (χ1n) is 5.10. The maximum absolute atomic E-state index is 5.76. The Morgan fingerprint density at radius 3 is 2.87 bits per heavy atom. The third kappa shape index (κ3) is 2.13. The van der Waals surface area contributed by atoms with E-state index in [9.17, 15) is 0 Å². The van der Waals surface area contributed by atoms with Gasteiger partial charge >= 0.3 is 0 Å². The molecule has 0 saturated carbocycles. The third-order valence-corrected chi connectivity index (χ3v) is 2.43. The van der Waals surface area contributed by atoms with Gasteiger partial charge in [-0.15, -0.1) is 0 Å². The Kier molecular flexibility index (Phi) is 2.64. The molecule has 80 valence electrons. The summed E-state index contributed by atoms with van der Waals surface area (Å²) in [6.45, 7) is 2.01. The van der Waals surface area contributed by atoms with E-state index in [2.05, 4.69) is 11.1 Å². The molecule has 0 bridgehead atoms. The number of methoxy groups -OCH3 is 1. The molecule has 0 aliphatic heterocycles. The highest BCUT2D eigenvalue weighted by molar-refractivity contribution is 5.81. The SMILES string of the molecule is COc1ccc2[nH]c(CC(C)N)cc2c1. The first-order chi connectivity index (χ1) is 7.19. The van der Waals surface area contributed by atoms with Crippen LogP contribution in [-0.2, 0) is 6.42 Å². The summed E-state index contributed by atoms with van der Waals surface area (Å²) in [6, 6.07) is 8.31. The zero-order valence-electron chi connectivity index (χ0n) is 9.08. The van der Waals surface area contributed by atoms with Gasteiger partial charge in [-0.25, -0.2) is 0 Å². The van der Waals surface area contributed by atoms with Crippen LogP contribution in [-0.4, -0.2) is 18.1 Å². The zero-order chi connectivity index (χ0) is 10.8. The number of aromatic amines is 1. The molecule has 1 aromatic heterocycles. The number of benzene rings is 1. The number of H-pyrrole nitrogens is 1. The molecular weight excluding hydrogens is 188 g/mol. The van der Waals surface area contributed by atoms with Crippen molar-refractivity contribution in [3.05, 3.63) is 30.0 Å². The quantitative estimate of drug-likeness (QED) is 0.804. The van der Waals surface area contributed by atoms with E-state index < -0.39 is 0 Å². The molecule has 1 heterocycles. The summed E-state index contributed by atoms with van der Waals surface area (Å²) in [5, 5.41) is 1.17. The molecule has 3 heteroatoms. The third-order valence-electron chi connectivity index (χ3n) is 2.43. The van der Waals surface area contributed by atoms with Crippen LogP contribution in [0.15, 0.2) is 24.3 Å². The van der Waals surface area contributed by atoms with Gasteiger partial charge in [0, 0.05) is 29.1 Å². The fourth-order valence-corrected chi connectivity index (χ4v) is 1.75. The van der Waals surface area contributed by atoms with Crippen LogP contribution in [0.25, 0.3) is 10.9 Å². The van der Waals surface area contributed by atoms with Gasteiger partial charge in [0.25, 0.3) is 0 Å². The number of nitrogens with one attached hydrogen (secondary N) is 1. The Hall–Kier alpha value is -1.48. The molecule has 1 atom stereocenters. The van der Waals surface area contributed by atoms with Gasteiger partial charge in [-0.2, -0.15) is 0 Å². The minimum absolute atomic E-state index is 0.181. The molecule has 1 unspecified atom stereocenters. The van der Waals surface area contributed by atoms with Crippen LogP contribution in [0.2, 0.25) is 0 Å². The Morgan fingerprint density at radius 2 is 2.20 bits per heavy atom. The van der Waals surface area contributed by atoms with Crippen LogP contribution in [0.5, 0.6) is 5.75 Å². The number of ether oxygens (including phenoxy) is 1. The maximum atomic E-state index is 5.76. The molecular formula is C12H16N2O. The lowest BCUT2D eigenvalue weighted by atomic mass is 10.2. The first-order valence-corrected chi connectivity index (χ1v) is 5.10. The highest BCUT2D eigenvalue weighted by atomic mass is 16.5. The van der Waals surface area contributed by atoms with Crippen molar-refractivity contribution in [2.45, 2.75) is 19.4 Å². The van der Waals surface area contributed by atoms with E-state index in [4.69, 9.17) is 10.5 Å². The van der Waals surface area contributed by atoms with Crippen molar-refractivity contribution < 1.29 is 4.74 Å². The Morgan fingerprint density at radius 1 is 1.40 bits per heavy atom. The number of hydrogen-bond acceptors (Lipinski definition) is 2. The predicted octanol–water partition coefficient (Wildman–Crippen LogP) is 2.07. The van der Waals surface area contributed by atoms with Crippen molar-refractivity contribution >= 4 is 10.9 Å². The summed E-state index contributed by atoms with van der Waals surface area (Å²) in [7, 11) is 1.68. The van der Waals surface area contributed by atoms with Crippen LogP contribution in [0.4, 0.5) is 0 Å². The number of rotatable bonds is 3. The van der Waals surface area contributed by atoms with Crippen molar-refractivity contribution in [2.75, 3.05) is 7.11 Å². The minimum atomic E-state index is 0.181. The predicted molar refractivity (Wildman–Crippen MR) is 62.2 cm³/mol. The molecule has 2 rings (SSSR count). The highest BCUT2D eigenvalue weighted by Crippen LogP contribution is 2.21. The molecule has 0 radical (unpaired) electrons. The lowest BCUT2D eigenvalue weighted by Crippen LogP contribution is -2.17. The van der Waals surface area contributed by atoms with Gasteiger partial charge < -0.3 is 15.5 Å². The van der Waals surface area contributed by atoms with Gasteiger partial charge in [-0.1, -0.05) is 0 Å². The summed E-state index contributed by atoms with van der Waals surface area (Å²) >= 11 is 0. The number of nitrogens with two attached hydrogens (primary N) is 1. The van der Waals surface area contributed by atoms with Crippen LogP contribution in [0, 0.1) is 0 Å². The molecule has 0 spiro atoms. The monoisotopic (exact) mass is 204 g/mol. The average Bonchev–Trinajstić information content (AvgIpc) is 2.57. The number of aromatic nitrogens is 1. The summed E-state index contributed by atoms with van der Waals surface area (Å²) in [4.78, 5) is 3.34.